The largest absolute Gasteiger partial charge is 0.482 e. The number of nitrogens with zero attached hydrogens (tertiary/aromatic N) is 1. The monoisotopic (exact) mass is 322 g/mol. The number of hydrogen-bond donors (Lipinski definition) is 2. The van der Waals surface area contributed by atoms with E-state index in [9.17, 15) is 27.5 Å². The van der Waals surface area contributed by atoms with E-state index in [2.05, 4.69) is 10.1 Å². The lowest BCUT2D eigenvalue weighted by Crippen LogP contribution is -2.33. The van der Waals surface area contributed by atoms with Crippen molar-refractivity contribution in [2.45, 2.75) is 18.7 Å². The highest BCUT2D eigenvalue weighted by Crippen LogP contribution is 2.28. The van der Waals surface area contributed by atoms with Crippen molar-refractivity contribution in [2.24, 2.45) is 0 Å². The van der Waals surface area contributed by atoms with Crippen LogP contribution in [0.5, 0.6) is 5.75 Å². The molecule has 1 aromatic carbocycles. The second-order valence-electron chi connectivity index (χ2n) is 4.86. The van der Waals surface area contributed by atoms with Crippen LogP contribution in [-0.2, 0) is 0 Å². The third-order valence-electron chi connectivity index (χ3n) is 3.03. The van der Waals surface area contributed by atoms with Crippen molar-refractivity contribution >= 4 is 11.7 Å². The molecule has 2 amide bonds. The molecule has 0 aromatic heterocycles. The lowest BCUT2D eigenvalue weighted by molar-refractivity contribution is -0.153. The number of aliphatic hydroxyl groups is 1. The maximum atomic E-state index is 13.2. The van der Waals surface area contributed by atoms with Crippen LogP contribution in [0.2, 0.25) is 0 Å². The Bertz CT molecular complexity index is 551. The molecule has 9 heteroatoms. The number of aliphatic hydroxyl groups excluding tert-OH is 1. The summed E-state index contributed by atoms with van der Waals surface area (Å²) in [5.74, 6) is -1.01. The molecule has 1 atom stereocenters. The van der Waals surface area contributed by atoms with Gasteiger partial charge < -0.3 is 20.1 Å². The molecule has 1 aliphatic heterocycles. The number of ether oxygens (including phenoxy) is 1. The van der Waals surface area contributed by atoms with Crippen LogP contribution in [0.4, 0.5) is 28.0 Å². The van der Waals surface area contributed by atoms with E-state index < -0.39 is 30.7 Å². The molecule has 0 saturated carbocycles. The second kappa shape index (κ2) is 6.39. The lowest BCUT2D eigenvalue weighted by atomic mass is 10.3. The Morgan fingerprint density at radius 2 is 2.18 bits per heavy atom. The van der Waals surface area contributed by atoms with Crippen LogP contribution in [0, 0.1) is 5.82 Å². The number of benzene rings is 1. The molecule has 0 bridgehead atoms. The van der Waals surface area contributed by atoms with E-state index in [1.165, 1.54) is 4.90 Å². The van der Waals surface area contributed by atoms with Gasteiger partial charge in [0.05, 0.1) is 11.8 Å². The first-order chi connectivity index (χ1) is 10.2. The number of β-amino-alcohol motifs (C(OH)–C–C–N with tert-alkyl or cyclic N) is 1. The fourth-order valence-corrected chi connectivity index (χ4v) is 2.01. The Labute approximate surface area is 123 Å². The first-order valence-corrected chi connectivity index (χ1v) is 6.48. The van der Waals surface area contributed by atoms with Gasteiger partial charge in [0.1, 0.15) is 11.6 Å². The highest BCUT2D eigenvalue weighted by molar-refractivity contribution is 5.91. The van der Waals surface area contributed by atoms with Crippen LogP contribution in [-0.4, -0.2) is 48.0 Å². The summed E-state index contributed by atoms with van der Waals surface area (Å²) in [4.78, 5) is 13.2. The predicted molar refractivity (Wildman–Crippen MR) is 69.2 cm³/mol. The third kappa shape index (κ3) is 4.48. The minimum Gasteiger partial charge on any atom is -0.482 e. The van der Waals surface area contributed by atoms with Gasteiger partial charge in [0, 0.05) is 19.2 Å². The maximum Gasteiger partial charge on any atom is 0.422 e. The van der Waals surface area contributed by atoms with E-state index in [1.54, 1.807) is 0 Å². The number of anilines is 1. The van der Waals surface area contributed by atoms with Crippen LogP contribution < -0.4 is 10.1 Å². The van der Waals surface area contributed by atoms with Gasteiger partial charge >= 0.3 is 12.2 Å². The van der Waals surface area contributed by atoms with Crippen LogP contribution in [0.15, 0.2) is 18.2 Å². The molecular formula is C13H14F4N2O3. The number of likely N-dealkylation sites (tertiary alicyclic amines) is 1. The Morgan fingerprint density at radius 1 is 1.45 bits per heavy atom. The minimum atomic E-state index is -4.55. The molecule has 1 aliphatic rings. The van der Waals surface area contributed by atoms with Gasteiger partial charge in [-0.1, -0.05) is 0 Å². The number of carbonyl (C=O) groups is 1. The zero-order chi connectivity index (χ0) is 16.3. The number of rotatable bonds is 3. The van der Waals surface area contributed by atoms with E-state index in [1.807, 2.05) is 0 Å². The molecule has 2 rings (SSSR count). The predicted octanol–water partition coefficient (Wildman–Crippen LogP) is 2.37. The fourth-order valence-electron chi connectivity index (χ4n) is 2.01. The Morgan fingerprint density at radius 3 is 2.77 bits per heavy atom. The van der Waals surface area contributed by atoms with E-state index in [0.717, 1.165) is 18.2 Å². The quantitative estimate of drug-likeness (QED) is 0.840. The molecule has 1 saturated heterocycles. The highest BCUT2D eigenvalue weighted by Gasteiger charge is 2.29. The van der Waals surface area contributed by atoms with E-state index in [-0.39, 0.29) is 18.0 Å². The van der Waals surface area contributed by atoms with Crippen LogP contribution in [0.3, 0.4) is 0 Å². The second-order valence-corrected chi connectivity index (χ2v) is 4.86. The number of nitrogens with one attached hydrogen (secondary N) is 1. The van der Waals surface area contributed by atoms with Crippen molar-refractivity contribution in [3.63, 3.8) is 0 Å². The van der Waals surface area contributed by atoms with Gasteiger partial charge in [-0.2, -0.15) is 13.2 Å². The fraction of sp³-hybridized carbons (Fsp3) is 0.462. The SMILES string of the molecule is O=C(Nc1cc(F)ccc1OCC(F)(F)F)N1CC[C@@H](O)C1. The summed E-state index contributed by atoms with van der Waals surface area (Å²) >= 11 is 0. The summed E-state index contributed by atoms with van der Waals surface area (Å²) in [5, 5.41) is 11.6. The zero-order valence-electron chi connectivity index (χ0n) is 11.4. The van der Waals surface area contributed by atoms with Gasteiger partial charge in [0.15, 0.2) is 6.61 Å². The van der Waals surface area contributed by atoms with Gasteiger partial charge in [0.25, 0.3) is 0 Å². The third-order valence-corrected chi connectivity index (χ3v) is 3.03. The molecule has 2 N–H and O–H groups in total. The topological polar surface area (TPSA) is 61.8 Å². The van der Waals surface area contributed by atoms with Crippen molar-refractivity contribution in [3.8, 4) is 5.75 Å². The number of halogens is 4. The summed E-state index contributed by atoms with van der Waals surface area (Å²) in [5.41, 5.74) is -0.198. The Balaban J connectivity index is 2.08. The Hall–Kier alpha value is -2.03. The molecule has 1 aromatic rings. The number of carbonyl (C=O) groups excluding carboxylic acids is 1. The summed E-state index contributed by atoms with van der Waals surface area (Å²) in [7, 11) is 0. The smallest absolute Gasteiger partial charge is 0.422 e. The summed E-state index contributed by atoms with van der Waals surface area (Å²) < 4.78 is 54.3. The highest BCUT2D eigenvalue weighted by atomic mass is 19.4. The first kappa shape index (κ1) is 16.3. The average molecular weight is 322 g/mol. The van der Waals surface area contributed by atoms with Crippen LogP contribution in [0.1, 0.15) is 6.42 Å². The molecular weight excluding hydrogens is 308 g/mol. The first-order valence-electron chi connectivity index (χ1n) is 6.48. The van der Waals surface area contributed by atoms with E-state index in [4.69, 9.17) is 0 Å². The zero-order valence-corrected chi connectivity index (χ0v) is 11.4. The van der Waals surface area contributed by atoms with Gasteiger partial charge in [-0.15, -0.1) is 0 Å². The van der Waals surface area contributed by atoms with E-state index in [0.29, 0.717) is 13.0 Å². The molecule has 0 unspecified atom stereocenters. The van der Waals surface area contributed by atoms with Crippen molar-refractivity contribution in [2.75, 3.05) is 25.0 Å². The Kier molecular flexibility index (Phi) is 4.74. The average Bonchev–Trinajstić information content (AvgIpc) is 2.83. The van der Waals surface area contributed by atoms with Crippen molar-refractivity contribution < 1.29 is 32.2 Å². The summed E-state index contributed by atoms with van der Waals surface area (Å²) in [6.45, 7) is -1.13. The van der Waals surface area contributed by atoms with Gasteiger partial charge in [-0.05, 0) is 18.6 Å². The van der Waals surface area contributed by atoms with Crippen molar-refractivity contribution in [3.05, 3.63) is 24.0 Å². The number of amides is 2. The molecule has 22 heavy (non-hydrogen) atoms. The summed E-state index contributed by atoms with van der Waals surface area (Å²) in [6.07, 6.45) is -4.78. The standard InChI is InChI=1S/C13H14F4N2O3/c14-8-1-2-11(22-7-13(15,16)17)10(5-8)18-12(21)19-4-3-9(20)6-19/h1-2,5,9,20H,3-4,6-7H2,(H,18,21)/t9-/m1/s1. The number of alkyl halides is 3. The van der Waals surface area contributed by atoms with Gasteiger partial charge in [0.2, 0.25) is 0 Å². The molecule has 1 heterocycles. The summed E-state index contributed by atoms with van der Waals surface area (Å²) in [6, 6.07) is 2.17. The van der Waals surface area contributed by atoms with Gasteiger partial charge in [-0.25, -0.2) is 9.18 Å². The number of urea groups is 1. The molecule has 122 valence electrons. The molecule has 0 radical (unpaired) electrons. The maximum absolute atomic E-state index is 13.2. The molecule has 1 fully saturated rings. The molecule has 0 aliphatic carbocycles. The number of hydrogen-bond acceptors (Lipinski definition) is 3. The molecule has 5 nitrogen and oxygen atoms in total. The molecule has 0 spiro atoms. The van der Waals surface area contributed by atoms with Crippen LogP contribution >= 0.6 is 0 Å². The lowest BCUT2D eigenvalue weighted by Gasteiger charge is -2.18. The minimum absolute atomic E-state index is 0.111. The van der Waals surface area contributed by atoms with Crippen molar-refractivity contribution in [1.29, 1.82) is 0 Å². The van der Waals surface area contributed by atoms with Crippen molar-refractivity contribution in [1.82, 2.24) is 4.90 Å². The normalized spacial score (nSPS) is 18.4. The van der Waals surface area contributed by atoms with Crippen LogP contribution in [0.25, 0.3) is 0 Å². The van der Waals surface area contributed by atoms with E-state index >= 15 is 0 Å². The van der Waals surface area contributed by atoms with Gasteiger partial charge in [-0.3, -0.25) is 0 Å².